The Morgan fingerprint density at radius 2 is 2.37 bits per heavy atom. The Morgan fingerprint density at radius 1 is 1.53 bits per heavy atom. The monoisotopic (exact) mass is 281 g/mol. The van der Waals surface area contributed by atoms with Crippen molar-refractivity contribution < 1.29 is 4.79 Å². The Hall–Kier alpha value is -1.50. The van der Waals surface area contributed by atoms with Crippen LogP contribution in [0.15, 0.2) is 11.2 Å². The van der Waals surface area contributed by atoms with Gasteiger partial charge in [0.15, 0.2) is 5.16 Å². The van der Waals surface area contributed by atoms with E-state index in [1.807, 2.05) is 17.2 Å². The number of nitrogens with zero attached hydrogens (tertiary/aromatic N) is 3. The van der Waals surface area contributed by atoms with Crippen LogP contribution in [0.4, 0.5) is 11.6 Å². The van der Waals surface area contributed by atoms with Crippen molar-refractivity contribution in [3.63, 3.8) is 0 Å². The topological polar surface area (TPSA) is 70.2 Å². The van der Waals surface area contributed by atoms with Crippen LogP contribution in [-0.4, -0.2) is 48.3 Å². The van der Waals surface area contributed by atoms with Gasteiger partial charge in [-0.3, -0.25) is 4.79 Å². The van der Waals surface area contributed by atoms with Crippen molar-refractivity contribution in [3.05, 3.63) is 6.07 Å². The number of hydrogen-bond donors (Lipinski definition) is 2. The zero-order valence-electron chi connectivity index (χ0n) is 11.3. The number of thioether (sulfide) groups is 1. The zero-order chi connectivity index (χ0) is 13.7. The second-order valence-corrected chi connectivity index (χ2v) is 5.07. The maximum absolute atomic E-state index is 11.4. The average Bonchev–Trinajstić information content (AvgIpc) is 2.44. The molecule has 104 valence electrons. The van der Waals surface area contributed by atoms with Gasteiger partial charge < -0.3 is 15.5 Å². The Balaban J connectivity index is 2.20. The highest BCUT2D eigenvalue weighted by Crippen LogP contribution is 2.20. The fourth-order valence-corrected chi connectivity index (χ4v) is 2.22. The Morgan fingerprint density at radius 3 is 3.05 bits per heavy atom. The van der Waals surface area contributed by atoms with Crippen molar-refractivity contribution in [1.29, 1.82) is 0 Å². The number of carbonyl (C=O) groups is 1. The van der Waals surface area contributed by atoms with E-state index in [9.17, 15) is 4.79 Å². The molecule has 1 amide bonds. The lowest BCUT2D eigenvalue weighted by atomic mass is 10.3. The molecular weight excluding hydrogens is 262 g/mol. The first kappa shape index (κ1) is 13.9. The summed E-state index contributed by atoms with van der Waals surface area (Å²) in [5.41, 5.74) is 0. The van der Waals surface area contributed by atoms with Gasteiger partial charge in [-0.15, -0.1) is 0 Å². The van der Waals surface area contributed by atoms with E-state index in [0.29, 0.717) is 13.1 Å². The molecule has 1 aliphatic rings. The molecule has 1 saturated heterocycles. The summed E-state index contributed by atoms with van der Waals surface area (Å²) in [7, 11) is 0. The van der Waals surface area contributed by atoms with Crippen molar-refractivity contribution >= 4 is 29.3 Å². The van der Waals surface area contributed by atoms with Gasteiger partial charge in [-0.25, -0.2) is 9.97 Å². The van der Waals surface area contributed by atoms with Gasteiger partial charge in [-0.2, -0.15) is 0 Å². The van der Waals surface area contributed by atoms with Gasteiger partial charge in [0.2, 0.25) is 5.91 Å². The molecule has 2 N–H and O–H groups in total. The van der Waals surface area contributed by atoms with Crippen LogP contribution in [0.25, 0.3) is 0 Å². The van der Waals surface area contributed by atoms with E-state index >= 15 is 0 Å². The minimum absolute atomic E-state index is 0.0404. The number of rotatable bonds is 5. The molecule has 6 nitrogen and oxygen atoms in total. The van der Waals surface area contributed by atoms with Gasteiger partial charge in [-0.05, 0) is 12.7 Å². The number of carbonyl (C=O) groups excluding carboxylic acids is 1. The van der Waals surface area contributed by atoms with Crippen molar-refractivity contribution in [3.8, 4) is 0 Å². The SMILES string of the molecule is CCCNc1cc(N2CCNC(=O)C2)nc(SC)n1. The maximum atomic E-state index is 11.4. The van der Waals surface area contributed by atoms with Crippen LogP contribution in [0, 0.1) is 0 Å². The second-order valence-electron chi connectivity index (χ2n) is 4.30. The third-order valence-corrected chi connectivity index (χ3v) is 3.34. The van der Waals surface area contributed by atoms with E-state index in [1.165, 1.54) is 11.8 Å². The van der Waals surface area contributed by atoms with Crippen molar-refractivity contribution in [2.45, 2.75) is 18.5 Å². The summed E-state index contributed by atoms with van der Waals surface area (Å²) in [6.07, 6.45) is 2.99. The van der Waals surface area contributed by atoms with Gasteiger partial charge >= 0.3 is 0 Å². The molecule has 2 heterocycles. The predicted octanol–water partition coefficient (Wildman–Crippen LogP) is 0.957. The minimum atomic E-state index is 0.0404. The molecule has 19 heavy (non-hydrogen) atoms. The average molecular weight is 281 g/mol. The van der Waals surface area contributed by atoms with Gasteiger partial charge in [0.1, 0.15) is 11.6 Å². The lowest BCUT2D eigenvalue weighted by Gasteiger charge is -2.28. The summed E-state index contributed by atoms with van der Waals surface area (Å²) in [4.78, 5) is 22.3. The Labute approximate surface area is 117 Å². The lowest BCUT2D eigenvalue weighted by Crippen LogP contribution is -2.48. The van der Waals surface area contributed by atoms with E-state index in [0.717, 1.165) is 36.3 Å². The molecule has 1 aromatic rings. The molecule has 7 heteroatoms. The molecule has 0 saturated carbocycles. The molecule has 0 radical (unpaired) electrons. The van der Waals surface area contributed by atoms with E-state index < -0.39 is 0 Å². The van der Waals surface area contributed by atoms with Crippen LogP contribution in [0.5, 0.6) is 0 Å². The lowest BCUT2D eigenvalue weighted by molar-refractivity contribution is -0.120. The number of nitrogens with one attached hydrogen (secondary N) is 2. The number of aromatic nitrogens is 2. The maximum Gasteiger partial charge on any atom is 0.239 e. The van der Waals surface area contributed by atoms with Gasteiger partial charge in [0.25, 0.3) is 0 Å². The summed E-state index contributed by atoms with van der Waals surface area (Å²) < 4.78 is 0. The van der Waals surface area contributed by atoms with E-state index in [1.54, 1.807) is 0 Å². The molecule has 1 fully saturated rings. The Kier molecular flexibility index (Phi) is 4.84. The number of anilines is 2. The van der Waals surface area contributed by atoms with Gasteiger partial charge in [0.05, 0.1) is 6.54 Å². The van der Waals surface area contributed by atoms with Crippen molar-refractivity contribution in [2.75, 3.05) is 42.7 Å². The molecule has 0 atom stereocenters. The van der Waals surface area contributed by atoms with E-state index in [4.69, 9.17) is 0 Å². The van der Waals surface area contributed by atoms with Crippen LogP contribution >= 0.6 is 11.8 Å². The third kappa shape index (κ3) is 3.73. The number of amides is 1. The highest BCUT2D eigenvalue weighted by atomic mass is 32.2. The number of hydrogen-bond acceptors (Lipinski definition) is 6. The first-order valence-corrected chi connectivity index (χ1v) is 7.64. The predicted molar refractivity (Wildman–Crippen MR) is 77.8 cm³/mol. The third-order valence-electron chi connectivity index (χ3n) is 2.79. The van der Waals surface area contributed by atoms with E-state index in [-0.39, 0.29) is 5.91 Å². The Bertz CT molecular complexity index is 454. The highest BCUT2D eigenvalue weighted by molar-refractivity contribution is 7.98. The molecule has 0 spiro atoms. The van der Waals surface area contributed by atoms with Crippen LogP contribution < -0.4 is 15.5 Å². The van der Waals surface area contributed by atoms with E-state index in [2.05, 4.69) is 27.5 Å². The van der Waals surface area contributed by atoms with Crippen LogP contribution in [0.3, 0.4) is 0 Å². The number of piperazine rings is 1. The summed E-state index contributed by atoms with van der Waals surface area (Å²) >= 11 is 1.51. The molecule has 0 aliphatic carbocycles. The van der Waals surface area contributed by atoms with Crippen molar-refractivity contribution in [2.24, 2.45) is 0 Å². The smallest absolute Gasteiger partial charge is 0.239 e. The fourth-order valence-electron chi connectivity index (χ4n) is 1.84. The quantitative estimate of drug-likeness (QED) is 0.619. The molecule has 1 aliphatic heterocycles. The molecule has 0 unspecified atom stereocenters. The van der Waals surface area contributed by atoms with Crippen molar-refractivity contribution in [1.82, 2.24) is 15.3 Å². The van der Waals surface area contributed by atoms with Crippen LogP contribution in [0.1, 0.15) is 13.3 Å². The summed E-state index contributed by atoms with van der Waals surface area (Å²) in [6, 6.07) is 1.91. The fraction of sp³-hybridized carbons (Fsp3) is 0.583. The van der Waals surface area contributed by atoms with Crippen LogP contribution in [0.2, 0.25) is 0 Å². The molecule has 1 aromatic heterocycles. The minimum Gasteiger partial charge on any atom is -0.370 e. The van der Waals surface area contributed by atoms with Gasteiger partial charge in [-0.1, -0.05) is 18.7 Å². The molecule has 0 aromatic carbocycles. The summed E-state index contributed by atoms with van der Waals surface area (Å²) in [5, 5.41) is 6.81. The zero-order valence-corrected chi connectivity index (χ0v) is 12.1. The summed E-state index contributed by atoms with van der Waals surface area (Å²) in [6.45, 7) is 4.79. The normalized spacial score (nSPS) is 15.3. The van der Waals surface area contributed by atoms with Gasteiger partial charge in [0, 0.05) is 25.7 Å². The first-order valence-electron chi connectivity index (χ1n) is 6.41. The highest BCUT2D eigenvalue weighted by Gasteiger charge is 2.18. The first-order chi connectivity index (χ1) is 9.22. The van der Waals surface area contributed by atoms with Crippen LogP contribution in [-0.2, 0) is 4.79 Å². The second kappa shape index (κ2) is 6.60. The standard InChI is InChI=1S/C12H19N5OS/c1-3-4-13-9-7-10(16-12(15-9)19-2)17-6-5-14-11(18)8-17/h7H,3-6,8H2,1-2H3,(H,14,18)(H,13,15,16). The molecular formula is C12H19N5OS. The molecule has 2 rings (SSSR count). The largest absolute Gasteiger partial charge is 0.370 e. The molecule has 0 bridgehead atoms. The summed E-state index contributed by atoms with van der Waals surface area (Å²) in [5.74, 6) is 1.67.